The highest BCUT2D eigenvalue weighted by Gasteiger charge is 2.39. The Kier molecular flexibility index (Phi) is 3.83. The highest BCUT2D eigenvalue weighted by atomic mass is 16.6. The lowest BCUT2D eigenvalue weighted by molar-refractivity contribution is -0.383. The predicted molar refractivity (Wildman–Crippen MR) is 88.8 cm³/mol. The summed E-state index contributed by atoms with van der Waals surface area (Å²) in [5.74, 6) is 1.12. The number of benzene rings is 1. The predicted octanol–water partition coefficient (Wildman–Crippen LogP) is 1.87. The first kappa shape index (κ1) is 15.6. The summed E-state index contributed by atoms with van der Waals surface area (Å²) in [7, 11) is 0. The van der Waals surface area contributed by atoms with Gasteiger partial charge < -0.3 is 10.6 Å². The molecule has 1 amide bonds. The zero-order chi connectivity index (χ0) is 17.4. The molecular formula is C16H17N5O4. The Hall–Kier alpha value is -2.97. The van der Waals surface area contributed by atoms with E-state index in [0.29, 0.717) is 36.1 Å². The van der Waals surface area contributed by atoms with Crippen molar-refractivity contribution in [2.75, 3.05) is 18.4 Å². The first-order valence-corrected chi connectivity index (χ1v) is 8.23. The lowest BCUT2D eigenvalue weighted by atomic mass is 9.93. The third kappa shape index (κ3) is 2.81. The number of hydrogen-bond acceptors (Lipinski definition) is 7. The van der Waals surface area contributed by atoms with E-state index in [-0.39, 0.29) is 23.0 Å². The molecule has 9 nitrogen and oxygen atoms in total. The van der Waals surface area contributed by atoms with Crippen molar-refractivity contribution in [2.24, 2.45) is 17.8 Å². The number of allylic oxidation sites excluding steroid dienone is 2. The van der Waals surface area contributed by atoms with Crippen LogP contribution in [0, 0.1) is 27.9 Å². The number of hydrogen-bond donors (Lipinski definition) is 2. The van der Waals surface area contributed by atoms with Gasteiger partial charge in [0.15, 0.2) is 5.52 Å². The molecule has 130 valence electrons. The molecule has 0 saturated heterocycles. The Morgan fingerprint density at radius 1 is 1.24 bits per heavy atom. The number of carbonyl (C=O) groups excluding carboxylic acids is 1. The second-order valence-corrected chi connectivity index (χ2v) is 6.46. The van der Waals surface area contributed by atoms with Gasteiger partial charge in [-0.25, -0.2) is 4.63 Å². The summed E-state index contributed by atoms with van der Waals surface area (Å²) in [6.07, 6.45) is 6.40. The molecule has 2 aliphatic carbocycles. The zero-order valence-electron chi connectivity index (χ0n) is 13.3. The minimum atomic E-state index is -0.527. The van der Waals surface area contributed by atoms with E-state index in [4.69, 9.17) is 0 Å². The molecule has 1 heterocycles. The molecule has 1 fully saturated rings. The van der Waals surface area contributed by atoms with Crippen LogP contribution < -0.4 is 10.6 Å². The fourth-order valence-corrected chi connectivity index (χ4v) is 3.74. The number of nitrogens with zero attached hydrogens (tertiary/aromatic N) is 3. The number of nitro groups is 1. The maximum absolute atomic E-state index is 12.3. The summed E-state index contributed by atoms with van der Waals surface area (Å²) in [5, 5.41) is 24.3. The van der Waals surface area contributed by atoms with Gasteiger partial charge >= 0.3 is 5.69 Å². The third-order valence-corrected chi connectivity index (χ3v) is 4.95. The molecule has 4 rings (SSSR count). The summed E-state index contributed by atoms with van der Waals surface area (Å²) in [6, 6.07) is 2.92. The Balaban J connectivity index is 1.33. The molecule has 0 aliphatic heterocycles. The van der Waals surface area contributed by atoms with Gasteiger partial charge in [-0.2, -0.15) is 0 Å². The highest BCUT2D eigenvalue weighted by Crippen LogP contribution is 2.43. The molecular weight excluding hydrogens is 326 g/mol. The van der Waals surface area contributed by atoms with Crippen LogP contribution in [-0.2, 0) is 4.79 Å². The molecule has 25 heavy (non-hydrogen) atoms. The van der Waals surface area contributed by atoms with Crippen molar-refractivity contribution in [3.63, 3.8) is 0 Å². The van der Waals surface area contributed by atoms with Crippen molar-refractivity contribution in [3.05, 3.63) is 34.4 Å². The van der Waals surface area contributed by atoms with Gasteiger partial charge in [0.05, 0.1) is 10.6 Å². The number of nitro benzene ring substituents is 1. The van der Waals surface area contributed by atoms with Crippen LogP contribution in [0.4, 0.5) is 11.4 Å². The summed E-state index contributed by atoms with van der Waals surface area (Å²) in [5.41, 5.74) is 0.838. The standard InChI is InChI=1S/C16H17N5O4/c22-16(11-8-9-1-2-10(11)7-9)18-6-5-17-12-3-4-13(21(23)24)15-14(12)19-25-20-15/h1-4,9-11,17H,5-8H2,(H,18,22). The number of non-ortho nitro benzene ring substituents is 1. The molecule has 1 saturated carbocycles. The highest BCUT2D eigenvalue weighted by molar-refractivity contribution is 5.93. The molecule has 1 aromatic heterocycles. The van der Waals surface area contributed by atoms with Gasteiger partial charge in [0.25, 0.3) is 0 Å². The van der Waals surface area contributed by atoms with E-state index in [9.17, 15) is 14.9 Å². The first-order chi connectivity index (χ1) is 12.1. The fraction of sp³-hybridized carbons (Fsp3) is 0.438. The number of fused-ring (bicyclic) bond motifs is 3. The van der Waals surface area contributed by atoms with Gasteiger partial charge in [-0.1, -0.05) is 12.2 Å². The van der Waals surface area contributed by atoms with Gasteiger partial charge in [-0.3, -0.25) is 14.9 Å². The Morgan fingerprint density at radius 3 is 2.80 bits per heavy atom. The third-order valence-electron chi connectivity index (χ3n) is 4.95. The van der Waals surface area contributed by atoms with Gasteiger partial charge in [0.1, 0.15) is 0 Å². The zero-order valence-corrected chi connectivity index (χ0v) is 13.3. The smallest absolute Gasteiger partial charge is 0.300 e. The number of carbonyl (C=O) groups is 1. The number of aromatic nitrogens is 2. The van der Waals surface area contributed by atoms with Crippen molar-refractivity contribution in [1.29, 1.82) is 0 Å². The molecule has 2 aromatic rings. The maximum atomic E-state index is 12.3. The number of anilines is 1. The Morgan fingerprint density at radius 2 is 2.08 bits per heavy atom. The van der Waals surface area contributed by atoms with Gasteiger partial charge in [0.2, 0.25) is 11.4 Å². The van der Waals surface area contributed by atoms with E-state index in [1.165, 1.54) is 6.07 Å². The summed E-state index contributed by atoms with van der Waals surface area (Å²) in [6.45, 7) is 0.933. The molecule has 3 unspecified atom stereocenters. The van der Waals surface area contributed by atoms with Crippen LogP contribution in [0.25, 0.3) is 11.0 Å². The van der Waals surface area contributed by atoms with Gasteiger partial charge in [0, 0.05) is 25.1 Å². The first-order valence-electron chi connectivity index (χ1n) is 8.23. The van der Waals surface area contributed by atoms with Crippen LogP contribution in [0.2, 0.25) is 0 Å². The van der Waals surface area contributed by atoms with Crippen molar-refractivity contribution < 1.29 is 14.3 Å². The Labute approximate surface area is 142 Å². The van der Waals surface area contributed by atoms with Crippen LogP contribution in [0.15, 0.2) is 28.9 Å². The Bertz CT molecular complexity index is 861. The molecule has 1 aromatic carbocycles. The molecule has 0 spiro atoms. The lowest BCUT2D eigenvalue weighted by Crippen LogP contribution is -2.35. The normalized spacial score (nSPS) is 23.9. The minimum Gasteiger partial charge on any atom is -0.381 e. The summed E-state index contributed by atoms with van der Waals surface area (Å²) >= 11 is 0. The molecule has 0 radical (unpaired) electrons. The SMILES string of the molecule is O=C(NCCNc1ccc([N+](=O)[O-])c2nonc12)C1CC2C=CC1C2. The number of nitrogens with one attached hydrogen (secondary N) is 2. The molecule has 3 atom stereocenters. The summed E-state index contributed by atoms with van der Waals surface area (Å²) in [4.78, 5) is 22.7. The fourth-order valence-electron chi connectivity index (χ4n) is 3.74. The van der Waals surface area contributed by atoms with Gasteiger partial charge in [-0.05, 0) is 41.1 Å². The van der Waals surface area contributed by atoms with Crippen LogP contribution in [0.3, 0.4) is 0 Å². The maximum Gasteiger partial charge on any atom is 0.300 e. The number of rotatable bonds is 6. The average Bonchev–Trinajstić information content (AvgIpc) is 3.33. The van der Waals surface area contributed by atoms with E-state index in [2.05, 4.69) is 37.7 Å². The minimum absolute atomic E-state index is 0.0841. The summed E-state index contributed by atoms with van der Waals surface area (Å²) < 4.78 is 4.62. The second kappa shape index (κ2) is 6.15. The van der Waals surface area contributed by atoms with Crippen molar-refractivity contribution in [1.82, 2.24) is 15.6 Å². The van der Waals surface area contributed by atoms with E-state index in [1.54, 1.807) is 6.07 Å². The average molecular weight is 343 g/mol. The van der Waals surface area contributed by atoms with Crippen LogP contribution in [0.1, 0.15) is 12.8 Å². The van der Waals surface area contributed by atoms with Crippen LogP contribution in [-0.4, -0.2) is 34.2 Å². The van der Waals surface area contributed by atoms with E-state index in [0.717, 1.165) is 12.8 Å². The van der Waals surface area contributed by atoms with Crippen molar-refractivity contribution in [2.45, 2.75) is 12.8 Å². The molecule has 2 bridgehead atoms. The van der Waals surface area contributed by atoms with E-state index < -0.39 is 4.92 Å². The van der Waals surface area contributed by atoms with Crippen LogP contribution in [0.5, 0.6) is 0 Å². The number of amides is 1. The van der Waals surface area contributed by atoms with Gasteiger partial charge in [-0.15, -0.1) is 0 Å². The monoisotopic (exact) mass is 343 g/mol. The van der Waals surface area contributed by atoms with Crippen LogP contribution >= 0.6 is 0 Å². The van der Waals surface area contributed by atoms with Crippen molar-refractivity contribution >= 4 is 28.3 Å². The van der Waals surface area contributed by atoms with E-state index in [1.807, 2.05) is 0 Å². The quantitative estimate of drug-likeness (QED) is 0.355. The lowest BCUT2D eigenvalue weighted by Gasteiger charge is -2.17. The largest absolute Gasteiger partial charge is 0.381 e. The van der Waals surface area contributed by atoms with E-state index >= 15 is 0 Å². The van der Waals surface area contributed by atoms with Crippen molar-refractivity contribution in [3.8, 4) is 0 Å². The molecule has 9 heteroatoms. The molecule has 2 aliphatic rings. The second-order valence-electron chi connectivity index (χ2n) is 6.46. The molecule has 2 N–H and O–H groups in total. The topological polar surface area (TPSA) is 123 Å².